The predicted molar refractivity (Wildman–Crippen MR) is 113 cm³/mol. The third-order valence-electron chi connectivity index (χ3n) is 5.26. The number of hydrogen-bond acceptors (Lipinski definition) is 5. The molecule has 0 fully saturated rings. The molecule has 0 unspecified atom stereocenters. The van der Waals surface area contributed by atoms with Crippen LogP contribution < -0.4 is 4.74 Å². The Morgan fingerprint density at radius 2 is 1.79 bits per heavy atom. The van der Waals surface area contributed by atoms with Crippen LogP contribution in [-0.4, -0.2) is 15.6 Å². The molecule has 0 N–H and O–H groups in total. The molecule has 0 bridgehead atoms. The van der Waals surface area contributed by atoms with E-state index in [1.165, 1.54) is 6.07 Å². The van der Waals surface area contributed by atoms with Gasteiger partial charge in [-0.25, -0.2) is 5.01 Å². The van der Waals surface area contributed by atoms with Crippen LogP contribution >= 0.6 is 15.9 Å². The first-order valence-electron chi connectivity index (χ1n) is 9.22. The third kappa shape index (κ3) is 3.07. The van der Waals surface area contributed by atoms with Crippen molar-refractivity contribution in [1.29, 1.82) is 0 Å². The number of ether oxygens (including phenoxy) is 1. The van der Waals surface area contributed by atoms with Crippen molar-refractivity contribution < 1.29 is 9.66 Å². The molecule has 3 aromatic rings. The zero-order valence-corrected chi connectivity index (χ0v) is 16.8. The van der Waals surface area contributed by atoms with Gasteiger partial charge in [-0.3, -0.25) is 10.1 Å². The van der Waals surface area contributed by atoms with E-state index in [1.54, 1.807) is 18.2 Å². The van der Waals surface area contributed by atoms with Gasteiger partial charge in [0, 0.05) is 22.5 Å². The molecule has 0 spiro atoms. The van der Waals surface area contributed by atoms with E-state index in [0.717, 1.165) is 27.1 Å². The van der Waals surface area contributed by atoms with Gasteiger partial charge in [0.25, 0.3) is 5.69 Å². The fourth-order valence-corrected chi connectivity index (χ4v) is 4.31. The maximum Gasteiger partial charge on any atom is 0.278 e. The molecule has 7 heteroatoms. The summed E-state index contributed by atoms with van der Waals surface area (Å²) >= 11 is 3.54. The van der Waals surface area contributed by atoms with E-state index >= 15 is 0 Å². The van der Waals surface area contributed by atoms with Gasteiger partial charge in [-0.15, -0.1) is 0 Å². The average molecular weight is 450 g/mol. The van der Waals surface area contributed by atoms with E-state index in [-0.39, 0.29) is 16.7 Å². The topological polar surface area (TPSA) is 68.0 Å². The van der Waals surface area contributed by atoms with Crippen molar-refractivity contribution >= 4 is 27.3 Å². The van der Waals surface area contributed by atoms with E-state index < -0.39 is 6.23 Å². The average Bonchev–Trinajstić information content (AvgIpc) is 3.20. The molecular weight excluding hydrogens is 434 g/mol. The number of fused-ring (bicyclic) bond motifs is 3. The number of nitro groups is 1. The van der Waals surface area contributed by atoms with E-state index in [9.17, 15) is 10.1 Å². The third-order valence-corrected chi connectivity index (χ3v) is 5.75. The van der Waals surface area contributed by atoms with Gasteiger partial charge in [-0.1, -0.05) is 58.4 Å². The number of hydrogen-bond donors (Lipinski definition) is 0. The number of para-hydroxylation sites is 1. The highest BCUT2D eigenvalue weighted by Crippen LogP contribution is 2.49. The monoisotopic (exact) mass is 449 g/mol. The van der Waals surface area contributed by atoms with Crippen molar-refractivity contribution in [2.45, 2.75) is 18.7 Å². The molecule has 29 heavy (non-hydrogen) atoms. The Hall–Kier alpha value is -3.19. The van der Waals surface area contributed by atoms with E-state index in [2.05, 4.69) is 15.9 Å². The number of halogens is 1. The van der Waals surface area contributed by atoms with Crippen LogP contribution in [-0.2, 0) is 0 Å². The second-order valence-corrected chi connectivity index (χ2v) is 7.90. The van der Waals surface area contributed by atoms with E-state index in [0.29, 0.717) is 12.0 Å². The van der Waals surface area contributed by atoms with Crippen LogP contribution in [0.3, 0.4) is 0 Å². The molecular formula is C22H16BrN3O3. The molecule has 2 aliphatic rings. The standard InChI is InChI=1S/C22H16BrN3O3/c23-15-10-11-21-17(12-15)20-13-18(14-6-2-1-3-7-14)24-25(20)22(29-21)16-8-4-5-9-19(16)26(27)28/h1-12,20,22H,13H2/t20-,22-/m1/s1. The van der Waals surface area contributed by atoms with Gasteiger partial charge >= 0.3 is 0 Å². The zero-order valence-electron chi connectivity index (χ0n) is 15.2. The molecule has 0 radical (unpaired) electrons. The summed E-state index contributed by atoms with van der Waals surface area (Å²) in [5.41, 5.74) is 3.52. The summed E-state index contributed by atoms with van der Waals surface area (Å²) in [5.74, 6) is 0.724. The molecule has 0 aliphatic carbocycles. The highest BCUT2D eigenvalue weighted by Gasteiger charge is 2.43. The molecule has 2 heterocycles. The zero-order chi connectivity index (χ0) is 20.0. The van der Waals surface area contributed by atoms with Crippen molar-refractivity contribution in [2.75, 3.05) is 0 Å². The van der Waals surface area contributed by atoms with Crippen LogP contribution in [0.25, 0.3) is 0 Å². The molecule has 6 nitrogen and oxygen atoms in total. The van der Waals surface area contributed by atoms with Crippen LogP contribution in [0.5, 0.6) is 5.75 Å². The Labute approximate surface area is 175 Å². The van der Waals surface area contributed by atoms with E-state index in [1.807, 2.05) is 53.5 Å². The van der Waals surface area contributed by atoms with Gasteiger partial charge in [0.1, 0.15) is 5.75 Å². The van der Waals surface area contributed by atoms with Gasteiger partial charge in [0.15, 0.2) is 0 Å². The molecule has 3 aromatic carbocycles. The van der Waals surface area contributed by atoms with E-state index in [4.69, 9.17) is 9.84 Å². The molecule has 5 rings (SSSR count). The first kappa shape index (κ1) is 17.9. The van der Waals surface area contributed by atoms with Crippen LogP contribution in [0.4, 0.5) is 5.69 Å². The molecule has 0 saturated carbocycles. The summed E-state index contributed by atoms with van der Waals surface area (Å²) in [6.45, 7) is 0. The summed E-state index contributed by atoms with van der Waals surface area (Å²) < 4.78 is 7.21. The fraction of sp³-hybridized carbons (Fsp3) is 0.136. The Morgan fingerprint density at radius 3 is 2.59 bits per heavy atom. The molecule has 2 aliphatic heterocycles. The number of rotatable bonds is 3. The van der Waals surface area contributed by atoms with Gasteiger partial charge < -0.3 is 4.74 Å². The number of hydrazone groups is 1. The quantitative estimate of drug-likeness (QED) is 0.385. The second-order valence-electron chi connectivity index (χ2n) is 6.98. The number of benzene rings is 3. The van der Waals surface area contributed by atoms with Crippen LogP contribution in [0.15, 0.2) is 82.4 Å². The van der Waals surface area contributed by atoms with Crippen LogP contribution in [0.1, 0.15) is 35.4 Å². The fourth-order valence-electron chi connectivity index (χ4n) is 3.93. The minimum absolute atomic E-state index is 0.0279. The smallest absolute Gasteiger partial charge is 0.278 e. The van der Waals surface area contributed by atoms with Crippen LogP contribution in [0.2, 0.25) is 0 Å². The lowest BCUT2D eigenvalue weighted by Crippen LogP contribution is -2.34. The van der Waals surface area contributed by atoms with Gasteiger partial charge in [-0.2, -0.15) is 5.10 Å². The highest BCUT2D eigenvalue weighted by molar-refractivity contribution is 9.10. The molecule has 0 saturated heterocycles. The largest absolute Gasteiger partial charge is 0.464 e. The molecule has 144 valence electrons. The lowest BCUT2D eigenvalue weighted by molar-refractivity contribution is -0.386. The Bertz CT molecular complexity index is 1130. The van der Waals surface area contributed by atoms with Crippen molar-refractivity contribution in [1.82, 2.24) is 5.01 Å². The minimum atomic E-state index is -0.670. The van der Waals surface area contributed by atoms with Crippen LogP contribution in [0, 0.1) is 10.1 Å². The van der Waals surface area contributed by atoms with Crippen molar-refractivity contribution in [3.63, 3.8) is 0 Å². The molecule has 2 atom stereocenters. The maximum atomic E-state index is 11.6. The number of nitro benzene ring substituents is 1. The summed E-state index contributed by atoms with van der Waals surface area (Å²) in [6, 6.07) is 22.5. The summed E-state index contributed by atoms with van der Waals surface area (Å²) in [7, 11) is 0. The van der Waals surface area contributed by atoms with Gasteiger partial charge in [0.2, 0.25) is 6.23 Å². The lowest BCUT2D eigenvalue weighted by atomic mass is 9.96. The first-order valence-corrected chi connectivity index (χ1v) is 10.0. The summed E-state index contributed by atoms with van der Waals surface area (Å²) in [5, 5.41) is 18.3. The maximum absolute atomic E-state index is 11.6. The molecule has 0 aromatic heterocycles. The summed E-state index contributed by atoms with van der Waals surface area (Å²) in [4.78, 5) is 11.2. The van der Waals surface area contributed by atoms with Crippen molar-refractivity contribution in [3.8, 4) is 5.75 Å². The number of nitrogens with zero attached hydrogens (tertiary/aromatic N) is 3. The minimum Gasteiger partial charge on any atom is -0.464 e. The Balaban J connectivity index is 1.65. The van der Waals surface area contributed by atoms with Crippen molar-refractivity contribution in [3.05, 3.63) is 104 Å². The Morgan fingerprint density at radius 1 is 1.03 bits per heavy atom. The Kier molecular flexibility index (Phi) is 4.32. The van der Waals surface area contributed by atoms with Crippen molar-refractivity contribution in [2.24, 2.45) is 5.10 Å². The first-order chi connectivity index (χ1) is 14.1. The predicted octanol–water partition coefficient (Wildman–Crippen LogP) is 5.60. The SMILES string of the molecule is O=[N+]([O-])c1ccccc1[C@H]1Oc2ccc(Br)cc2[C@H]2CC(c3ccccc3)=NN21. The second kappa shape index (κ2) is 7.00. The molecule has 0 amide bonds. The highest BCUT2D eigenvalue weighted by atomic mass is 79.9. The normalized spacial score (nSPS) is 19.8. The van der Waals surface area contributed by atoms with Gasteiger partial charge in [0.05, 0.1) is 22.2 Å². The lowest BCUT2D eigenvalue weighted by Gasteiger charge is -2.38. The summed E-state index contributed by atoms with van der Waals surface area (Å²) in [6.07, 6.45) is 0.0324. The van der Waals surface area contributed by atoms with Gasteiger partial charge in [-0.05, 0) is 29.8 Å².